The van der Waals surface area contributed by atoms with Gasteiger partial charge in [-0.2, -0.15) is 0 Å². The van der Waals surface area contributed by atoms with Crippen molar-refractivity contribution in [2.45, 2.75) is 83.7 Å². The van der Waals surface area contributed by atoms with Gasteiger partial charge >= 0.3 is 12.2 Å². The maximum Gasteiger partial charge on any atom is 0.407 e. The van der Waals surface area contributed by atoms with Crippen LogP contribution in [-0.4, -0.2) is 114 Å². The number of amides is 4. The Morgan fingerprint density at radius 1 is 0.691 bits per heavy atom. The van der Waals surface area contributed by atoms with Gasteiger partial charge in [0.25, 0.3) is 0 Å². The van der Waals surface area contributed by atoms with Crippen LogP contribution in [0.3, 0.4) is 0 Å². The molecule has 358 valence electrons. The van der Waals surface area contributed by atoms with E-state index in [-0.39, 0.29) is 41.9 Å². The van der Waals surface area contributed by atoms with Crippen molar-refractivity contribution >= 4 is 35.4 Å². The number of hydrogen-bond acceptors (Lipinski definition) is 10. The molecule has 16 nitrogen and oxygen atoms in total. The van der Waals surface area contributed by atoms with Gasteiger partial charge in [0, 0.05) is 44.8 Å². The molecule has 8 rings (SSSR count). The Bertz CT molecular complexity index is 2620. The molecule has 5 atom stereocenters. The topological polar surface area (TPSA) is 178 Å². The number of benzene rings is 3. The first-order chi connectivity index (χ1) is 32.8. The predicted molar refractivity (Wildman–Crippen MR) is 263 cm³/mol. The molecule has 5 N–H and O–H groups in total. The number of ether oxygens (including phenoxy) is 2. The molecule has 2 fully saturated rings. The second kappa shape index (κ2) is 20.3. The first-order valence-electron chi connectivity index (χ1n) is 23.5. The minimum Gasteiger partial charge on any atom is -0.453 e. The lowest BCUT2D eigenvalue weighted by atomic mass is 10.0. The maximum atomic E-state index is 13.8. The van der Waals surface area contributed by atoms with E-state index in [1.807, 2.05) is 64.0 Å². The third-order valence-corrected chi connectivity index (χ3v) is 13.4. The number of methoxy groups -OCH3 is 2. The standard InChI is InChI=1S/C52H64N10O6/c1-31(2)45(57-51(65)67-7)49(63)60-27-9-11-43(60)47-53-29-39(55-47)33-13-17-35(18-14-33)41-25-26-42(62(41)38-23-21-37(22-24-38)59(5)6)36-19-15-34(16-20-36)40-30-54-48(56-40)44-12-10-28-61(44)50(64)46(32(3)4)58-52(66)68-8/h13-26,29-32,43-47,53,55H,9-12,27-28H2,1-8H3,(H,54,56)(H,57,65)(H,58,66)/t43-,44-,45-,46-,47?/m0/s1. The zero-order valence-corrected chi connectivity index (χ0v) is 40.2. The Morgan fingerprint density at radius 3 is 1.78 bits per heavy atom. The molecule has 2 saturated heterocycles. The summed E-state index contributed by atoms with van der Waals surface area (Å²) < 4.78 is 11.9. The monoisotopic (exact) mass is 925 g/mol. The van der Waals surface area contributed by atoms with Crippen LogP contribution in [-0.2, 0) is 19.1 Å². The van der Waals surface area contributed by atoms with Gasteiger partial charge in [-0.05, 0) is 96.2 Å². The summed E-state index contributed by atoms with van der Waals surface area (Å²) >= 11 is 0. The van der Waals surface area contributed by atoms with E-state index >= 15 is 0 Å². The van der Waals surface area contributed by atoms with Gasteiger partial charge in [-0.3, -0.25) is 9.59 Å². The highest BCUT2D eigenvalue weighted by Gasteiger charge is 2.41. The molecule has 3 aliphatic rings. The number of aromatic amines is 1. The van der Waals surface area contributed by atoms with Crippen LogP contribution in [0.5, 0.6) is 0 Å². The van der Waals surface area contributed by atoms with Crippen molar-refractivity contribution in [1.29, 1.82) is 0 Å². The number of H-pyrrole nitrogens is 1. The highest BCUT2D eigenvalue weighted by molar-refractivity contribution is 5.87. The molecule has 4 amide bonds. The smallest absolute Gasteiger partial charge is 0.407 e. The number of nitrogens with zero attached hydrogens (tertiary/aromatic N) is 5. The fourth-order valence-corrected chi connectivity index (χ4v) is 9.64. The SMILES string of the molecule is COC(=O)N[C@H](C(=O)N1CCC[C@H]1c1ncc(-c2ccc(-c3ccc(-c4ccc(C5=CNC([C@@H]6CCCN6C(=O)[C@@H](NC(=O)OC)C(C)C)N5)cc4)n3-c3ccc(N(C)C)cc3)cc2)[nH]1)C(C)C. The van der Waals surface area contributed by atoms with Gasteiger partial charge in [0.15, 0.2) is 0 Å². The highest BCUT2D eigenvalue weighted by Crippen LogP contribution is 2.37. The summed E-state index contributed by atoms with van der Waals surface area (Å²) in [5, 5.41) is 12.6. The number of alkyl carbamates (subject to hydrolysis) is 2. The number of anilines is 1. The van der Waals surface area contributed by atoms with E-state index in [9.17, 15) is 19.2 Å². The zero-order chi connectivity index (χ0) is 48.2. The lowest BCUT2D eigenvalue weighted by Gasteiger charge is -2.34. The normalized spacial score (nSPS) is 18.7. The molecule has 1 unspecified atom stereocenters. The number of aromatic nitrogens is 3. The Labute approximate surface area is 398 Å². The lowest BCUT2D eigenvalue weighted by molar-refractivity contribution is -0.136. The maximum absolute atomic E-state index is 13.8. The van der Waals surface area contributed by atoms with Crippen molar-refractivity contribution in [1.82, 2.24) is 45.6 Å². The first-order valence-corrected chi connectivity index (χ1v) is 23.5. The van der Waals surface area contributed by atoms with Gasteiger partial charge in [0.2, 0.25) is 11.8 Å². The number of carbonyl (C=O) groups is 4. The molecule has 5 heterocycles. The number of likely N-dealkylation sites (tertiary alicyclic amines) is 2. The summed E-state index contributed by atoms with van der Waals surface area (Å²) in [6, 6.07) is 28.1. The Hall–Kier alpha value is -7.23. The fraction of sp³-hybridized carbons (Fsp3) is 0.404. The molecule has 0 radical (unpaired) electrons. The van der Waals surface area contributed by atoms with Crippen LogP contribution in [0.25, 0.3) is 45.2 Å². The van der Waals surface area contributed by atoms with Gasteiger partial charge in [0.05, 0.1) is 55.3 Å². The molecule has 2 aromatic heterocycles. The molecular weight excluding hydrogens is 861 g/mol. The third-order valence-electron chi connectivity index (χ3n) is 13.4. The van der Waals surface area contributed by atoms with E-state index in [1.54, 1.807) is 0 Å². The van der Waals surface area contributed by atoms with Crippen LogP contribution in [0.2, 0.25) is 0 Å². The fourth-order valence-electron chi connectivity index (χ4n) is 9.64. The van der Waals surface area contributed by atoms with Crippen LogP contribution < -0.4 is 26.2 Å². The summed E-state index contributed by atoms with van der Waals surface area (Å²) in [7, 11) is 6.67. The molecule has 0 saturated carbocycles. The van der Waals surface area contributed by atoms with Crippen molar-refractivity contribution < 1.29 is 28.7 Å². The Balaban J connectivity index is 1.01. The van der Waals surface area contributed by atoms with Crippen LogP contribution in [0.1, 0.15) is 70.8 Å². The highest BCUT2D eigenvalue weighted by atomic mass is 16.5. The van der Waals surface area contributed by atoms with Crippen molar-refractivity contribution in [2.75, 3.05) is 46.3 Å². The van der Waals surface area contributed by atoms with Crippen LogP contribution in [0.15, 0.2) is 97.3 Å². The number of hydrogen-bond donors (Lipinski definition) is 5. The number of imidazole rings is 1. The molecule has 16 heteroatoms. The van der Waals surface area contributed by atoms with E-state index in [2.05, 4.69) is 121 Å². The van der Waals surface area contributed by atoms with Crippen LogP contribution in [0, 0.1) is 11.8 Å². The summed E-state index contributed by atoms with van der Waals surface area (Å²) in [4.78, 5) is 65.7. The minimum atomic E-state index is -0.703. The summed E-state index contributed by atoms with van der Waals surface area (Å²) in [6.45, 7) is 8.86. The zero-order valence-electron chi connectivity index (χ0n) is 40.2. The molecule has 0 aliphatic carbocycles. The number of carbonyl (C=O) groups excluding carboxylic acids is 4. The molecular formula is C52H64N10O6. The van der Waals surface area contributed by atoms with E-state index in [1.165, 1.54) is 14.2 Å². The number of nitrogens with one attached hydrogen (secondary N) is 5. The molecule has 68 heavy (non-hydrogen) atoms. The van der Waals surface area contributed by atoms with Crippen LogP contribution >= 0.6 is 0 Å². The van der Waals surface area contributed by atoms with Gasteiger partial charge in [-0.25, -0.2) is 14.6 Å². The van der Waals surface area contributed by atoms with Crippen molar-refractivity contribution in [3.05, 3.63) is 109 Å². The average Bonchev–Trinajstić information content (AvgIpc) is 4.21. The van der Waals surface area contributed by atoms with E-state index in [0.29, 0.717) is 13.1 Å². The van der Waals surface area contributed by atoms with Gasteiger partial charge < -0.3 is 55.0 Å². The second-order valence-electron chi connectivity index (χ2n) is 18.7. The van der Waals surface area contributed by atoms with Gasteiger partial charge in [-0.1, -0.05) is 76.2 Å². The first kappa shape index (κ1) is 47.3. The lowest BCUT2D eigenvalue weighted by Crippen LogP contribution is -2.57. The Kier molecular flexibility index (Phi) is 14.1. The van der Waals surface area contributed by atoms with Gasteiger partial charge in [-0.15, -0.1) is 0 Å². The van der Waals surface area contributed by atoms with E-state index < -0.39 is 24.3 Å². The second-order valence-corrected chi connectivity index (χ2v) is 18.7. The van der Waals surface area contributed by atoms with Crippen molar-refractivity contribution in [3.8, 4) is 39.5 Å². The quantitative estimate of drug-likeness (QED) is 0.0750. The average molecular weight is 925 g/mol. The van der Waals surface area contributed by atoms with E-state index in [4.69, 9.17) is 14.5 Å². The van der Waals surface area contributed by atoms with Crippen molar-refractivity contribution in [2.24, 2.45) is 11.8 Å². The van der Waals surface area contributed by atoms with E-state index in [0.717, 1.165) is 87.9 Å². The largest absolute Gasteiger partial charge is 0.453 e. The number of rotatable bonds is 14. The third kappa shape index (κ3) is 9.76. The van der Waals surface area contributed by atoms with Crippen LogP contribution in [0.4, 0.5) is 15.3 Å². The Morgan fingerprint density at radius 2 is 1.22 bits per heavy atom. The van der Waals surface area contributed by atoms with Crippen molar-refractivity contribution in [3.63, 3.8) is 0 Å². The molecule has 3 aromatic carbocycles. The summed E-state index contributed by atoms with van der Waals surface area (Å²) in [5.74, 6) is 0.250. The molecule has 3 aliphatic heterocycles. The molecule has 0 spiro atoms. The summed E-state index contributed by atoms with van der Waals surface area (Å²) in [6.07, 6.45) is 5.70. The molecule has 0 bridgehead atoms. The minimum absolute atomic E-state index is 0.0928. The molecule has 5 aromatic rings. The van der Waals surface area contributed by atoms with Gasteiger partial charge in [0.1, 0.15) is 24.1 Å². The summed E-state index contributed by atoms with van der Waals surface area (Å²) in [5.41, 5.74) is 10.1. The predicted octanol–water partition coefficient (Wildman–Crippen LogP) is 7.50.